The molecule has 21 heavy (non-hydrogen) atoms. The van der Waals surface area contributed by atoms with Gasteiger partial charge in [-0.3, -0.25) is 4.79 Å². The van der Waals surface area contributed by atoms with Crippen LogP contribution in [0.3, 0.4) is 0 Å². The number of carbonyl (C=O) groups is 1. The number of hydrogen-bond donors (Lipinski definition) is 3. The highest BCUT2D eigenvalue weighted by Crippen LogP contribution is 2.29. The van der Waals surface area contributed by atoms with Crippen LogP contribution in [-0.4, -0.2) is 44.1 Å². The fourth-order valence-electron chi connectivity index (χ4n) is 2.43. The van der Waals surface area contributed by atoms with Crippen LogP contribution in [0.5, 0.6) is 0 Å². The summed E-state index contributed by atoms with van der Waals surface area (Å²) in [6, 6.07) is 0. The number of nitrogens with two attached hydrogens (primary N) is 1. The van der Waals surface area contributed by atoms with Crippen LogP contribution in [0.15, 0.2) is 0 Å². The second-order valence-corrected chi connectivity index (χ2v) is 6.30. The van der Waals surface area contributed by atoms with E-state index >= 15 is 0 Å². The number of anilines is 2. The van der Waals surface area contributed by atoms with Crippen LogP contribution in [-0.2, 0) is 0 Å². The number of nitrogens with one attached hydrogen (secondary N) is 2. The topological polar surface area (TPSA) is 83.3 Å². The Morgan fingerprint density at radius 3 is 2.67 bits per heavy atom. The van der Waals surface area contributed by atoms with Crippen molar-refractivity contribution in [2.24, 2.45) is 0 Å². The smallest absolute Gasteiger partial charge is 0.265 e. The molecule has 0 atom stereocenters. The van der Waals surface area contributed by atoms with Gasteiger partial charge in [0.2, 0.25) is 0 Å². The van der Waals surface area contributed by atoms with Crippen molar-refractivity contribution >= 4 is 28.2 Å². The summed E-state index contributed by atoms with van der Waals surface area (Å²) < 4.78 is 0. The Kier molecular flexibility index (Phi) is 6.25. The van der Waals surface area contributed by atoms with Crippen LogP contribution >= 0.6 is 11.3 Å². The minimum absolute atomic E-state index is 0.109. The van der Waals surface area contributed by atoms with Crippen molar-refractivity contribution in [3.63, 3.8) is 0 Å². The van der Waals surface area contributed by atoms with Gasteiger partial charge in [-0.25, -0.2) is 4.98 Å². The van der Waals surface area contributed by atoms with E-state index in [0.717, 1.165) is 31.2 Å². The van der Waals surface area contributed by atoms with Gasteiger partial charge in [0.1, 0.15) is 10.7 Å². The lowest BCUT2D eigenvalue weighted by Crippen LogP contribution is -2.26. The Balaban J connectivity index is 1.95. The monoisotopic (exact) mass is 311 g/mol. The van der Waals surface area contributed by atoms with Crippen molar-refractivity contribution in [3.8, 4) is 0 Å². The number of nitrogens with zero attached hydrogens (tertiary/aromatic N) is 2. The van der Waals surface area contributed by atoms with Gasteiger partial charge in [-0.05, 0) is 32.9 Å². The van der Waals surface area contributed by atoms with Crippen molar-refractivity contribution < 1.29 is 4.79 Å². The summed E-state index contributed by atoms with van der Waals surface area (Å²) in [7, 11) is 1.90. The Morgan fingerprint density at radius 2 is 2.00 bits per heavy atom. The molecular formula is C14H25N5OS. The first-order chi connectivity index (χ1) is 10.2. The van der Waals surface area contributed by atoms with Gasteiger partial charge in [-0.15, -0.1) is 0 Å². The molecule has 1 amide bonds. The molecule has 7 heteroatoms. The number of aromatic nitrogens is 1. The fraction of sp³-hybridized carbons (Fsp3) is 0.714. The molecule has 0 bridgehead atoms. The van der Waals surface area contributed by atoms with E-state index in [1.54, 1.807) is 0 Å². The van der Waals surface area contributed by atoms with E-state index in [1.165, 1.54) is 37.0 Å². The average molecular weight is 311 g/mol. The number of thiazole rings is 1. The molecule has 0 saturated carbocycles. The Hall–Kier alpha value is -1.34. The van der Waals surface area contributed by atoms with Crippen LogP contribution in [0.25, 0.3) is 0 Å². The zero-order chi connectivity index (χ0) is 15.1. The molecule has 2 heterocycles. The summed E-state index contributed by atoms with van der Waals surface area (Å²) in [5, 5.41) is 6.83. The lowest BCUT2D eigenvalue weighted by molar-refractivity contribution is 0.0958. The second kappa shape index (κ2) is 8.19. The molecule has 2 rings (SSSR count). The summed E-state index contributed by atoms with van der Waals surface area (Å²) in [6.07, 6.45) is 5.82. The molecule has 0 aliphatic carbocycles. The molecule has 118 valence electrons. The number of amides is 1. The lowest BCUT2D eigenvalue weighted by atomic mass is 10.2. The van der Waals surface area contributed by atoms with E-state index in [1.807, 2.05) is 7.05 Å². The molecule has 1 fully saturated rings. The highest BCUT2D eigenvalue weighted by atomic mass is 32.1. The number of hydrogen-bond acceptors (Lipinski definition) is 6. The maximum absolute atomic E-state index is 12.1. The normalized spacial score (nSPS) is 15.8. The molecule has 0 spiro atoms. The quantitative estimate of drug-likeness (QED) is 0.693. The molecule has 1 aromatic rings. The maximum Gasteiger partial charge on any atom is 0.265 e. The van der Waals surface area contributed by atoms with Gasteiger partial charge in [-0.1, -0.05) is 24.2 Å². The maximum atomic E-state index is 12.1. The van der Waals surface area contributed by atoms with Crippen LogP contribution in [0.4, 0.5) is 10.9 Å². The molecule has 0 aromatic carbocycles. The number of rotatable bonds is 6. The van der Waals surface area contributed by atoms with Crippen LogP contribution in [0.1, 0.15) is 41.8 Å². The predicted octanol–water partition coefficient (Wildman–Crippen LogP) is 1.44. The number of carbonyl (C=O) groups excluding carboxylic acids is 1. The van der Waals surface area contributed by atoms with Crippen molar-refractivity contribution in [1.29, 1.82) is 0 Å². The molecular weight excluding hydrogens is 286 g/mol. The largest absolute Gasteiger partial charge is 0.382 e. The van der Waals surface area contributed by atoms with E-state index < -0.39 is 0 Å². The van der Waals surface area contributed by atoms with Gasteiger partial charge in [-0.2, -0.15) is 0 Å². The molecule has 1 aliphatic rings. The first-order valence-electron chi connectivity index (χ1n) is 7.66. The first kappa shape index (κ1) is 16.0. The second-order valence-electron chi connectivity index (χ2n) is 5.33. The molecule has 0 unspecified atom stereocenters. The minimum atomic E-state index is -0.109. The van der Waals surface area contributed by atoms with Gasteiger partial charge in [0.05, 0.1) is 0 Å². The van der Waals surface area contributed by atoms with E-state index in [-0.39, 0.29) is 5.91 Å². The summed E-state index contributed by atoms with van der Waals surface area (Å²) in [6.45, 7) is 3.56. The highest BCUT2D eigenvalue weighted by molar-refractivity contribution is 7.18. The van der Waals surface area contributed by atoms with Crippen molar-refractivity contribution in [1.82, 2.24) is 15.6 Å². The molecule has 0 radical (unpaired) electrons. The van der Waals surface area contributed by atoms with Gasteiger partial charge in [0.15, 0.2) is 5.13 Å². The Morgan fingerprint density at radius 1 is 1.29 bits per heavy atom. The highest BCUT2D eigenvalue weighted by Gasteiger charge is 2.20. The van der Waals surface area contributed by atoms with Crippen LogP contribution < -0.4 is 21.3 Å². The van der Waals surface area contributed by atoms with Crippen molar-refractivity contribution in [2.45, 2.75) is 32.1 Å². The number of nitrogen functional groups attached to an aromatic ring is 1. The molecule has 1 aromatic heterocycles. The minimum Gasteiger partial charge on any atom is -0.382 e. The molecule has 1 aliphatic heterocycles. The fourth-order valence-corrected chi connectivity index (χ4v) is 3.38. The van der Waals surface area contributed by atoms with Gasteiger partial charge in [0, 0.05) is 19.6 Å². The zero-order valence-corrected chi connectivity index (χ0v) is 13.5. The van der Waals surface area contributed by atoms with Crippen LogP contribution in [0.2, 0.25) is 0 Å². The standard InChI is InChI=1S/C14H25N5OS/c1-16-7-6-8-17-13(20)11-12(15)18-14(21-11)19-9-4-2-3-5-10-19/h16H,2-10,15H2,1H3,(H,17,20). The average Bonchev–Trinajstić information content (AvgIpc) is 2.70. The van der Waals surface area contributed by atoms with E-state index in [9.17, 15) is 4.79 Å². The summed E-state index contributed by atoms with van der Waals surface area (Å²) in [4.78, 5) is 19.3. The third kappa shape index (κ3) is 4.57. The van der Waals surface area contributed by atoms with Gasteiger partial charge < -0.3 is 21.3 Å². The zero-order valence-electron chi connectivity index (χ0n) is 12.7. The van der Waals surface area contributed by atoms with Crippen molar-refractivity contribution in [2.75, 3.05) is 43.9 Å². The Bertz CT molecular complexity index is 454. The third-order valence-electron chi connectivity index (χ3n) is 3.61. The SMILES string of the molecule is CNCCCNC(=O)c1sc(N2CCCCCC2)nc1N. The van der Waals surface area contributed by atoms with Gasteiger partial charge in [0.25, 0.3) is 5.91 Å². The van der Waals surface area contributed by atoms with E-state index in [2.05, 4.69) is 20.5 Å². The molecule has 1 saturated heterocycles. The first-order valence-corrected chi connectivity index (χ1v) is 8.48. The summed E-state index contributed by atoms with van der Waals surface area (Å²) in [5.41, 5.74) is 5.92. The van der Waals surface area contributed by atoms with Crippen LogP contribution in [0, 0.1) is 0 Å². The van der Waals surface area contributed by atoms with E-state index in [4.69, 9.17) is 5.73 Å². The molecule has 6 nitrogen and oxygen atoms in total. The van der Waals surface area contributed by atoms with Crippen molar-refractivity contribution in [3.05, 3.63) is 4.88 Å². The lowest BCUT2D eigenvalue weighted by Gasteiger charge is -2.18. The van der Waals surface area contributed by atoms with E-state index in [0.29, 0.717) is 17.2 Å². The summed E-state index contributed by atoms with van der Waals surface area (Å²) in [5.74, 6) is 0.243. The molecule has 4 N–H and O–H groups in total. The summed E-state index contributed by atoms with van der Waals surface area (Å²) >= 11 is 1.41. The third-order valence-corrected chi connectivity index (χ3v) is 4.74. The van der Waals surface area contributed by atoms with Gasteiger partial charge >= 0.3 is 0 Å². The predicted molar refractivity (Wildman–Crippen MR) is 88.1 cm³/mol. The Labute approximate surface area is 130 Å².